The average molecular weight is 457 g/mol. The molecule has 4 rings (SSSR count). The smallest absolute Gasteiger partial charge is 0.315 e. The normalized spacial score (nSPS) is 18.0. The van der Waals surface area contributed by atoms with Gasteiger partial charge in [0.1, 0.15) is 22.7 Å². The molecule has 146 valence electrons. The molecule has 2 aromatic heterocycles. The van der Waals surface area contributed by atoms with Crippen molar-refractivity contribution in [2.75, 3.05) is 12.8 Å². The van der Waals surface area contributed by atoms with E-state index in [0.29, 0.717) is 51.3 Å². The Balaban J connectivity index is 1.52. The lowest BCUT2D eigenvalue weighted by atomic mass is 10.1. The highest BCUT2D eigenvalue weighted by molar-refractivity contribution is 8.05. The summed E-state index contributed by atoms with van der Waals surface area (Å²) in [7, 11) is 0. The molecule has 1 aromatic carbocycles. The Morgan fingerprint density at radius 3 is 2.79 bits per heavy atom. The van der Waals surface area contributed by atoms with E-state index in [0.717, 1.165) is 11.1 Å². The molecular weight excluding hydrogens is 441 g/mol. The van der Waals surface area contributed by atoms with Crippen molar-refractivity contribution in [3.63, 3.8) is 0 Å². The second-order valence-electron chi connectivity index (χ2n) is 6.53. The van der Waals surface area contributed by atoms with Gasteiger partial charge in [0.15, 0.2) is 5.65 Å². The maximum atomic E-state index is 12.2. The van der Waals surface area contributed by atoms with Crippen LogP contribution in [-0.4, -0.2) is 48.4 Å². The van der Waals surface area contributed by atoms with E-state index in [9.17, 15) is 4.55 Å². The number of benzene rings is 1. The van der Waals surface area contributed by atoms with Crippen LogP contribution in [0.5, 0.6) is 0 Å². The molecule has 0 saturated heterocycles. The molecule has 0 amide bonds. The summed E-state index contributed by atoms with van der Waals surface area (Å²) in [5, 5.41) is 2.17. The van der Waals surface area contributed by atoms with E-state index in [1.54, 1.807) is 18.4 Å². The average Bonchev–Trinajstić information content (AvgIpc) is 3.20. The number of halogens is 3. The fraction of sp³-hybridized carbons (Fsp3) is 0.278. The first-order valence-electron chi connectivity index (χ1n) is 8.50. The number of aromatic nitrogens is 3. The van der Waals surface area contributed by atoms with Crippen molar-refractivity contribution in [1.29, 1.82) is 0 Å². The molecule has 28 heavy (non-hydrogen) atoms. The summed E-state index contributed by atoms with van der Waals surface area (Å²) < 4.78 is 12.2. The van der Waals surface area contributed by atoms with Gasteiger partial charge in [0.05, 0.1) is 12.6 Å². The highest BCUT2D eigenvalue weighted by Gasteiger charge is 2.32. The van der Waals surface area contributed by atoms with E-state index in [2.05, 4.69) is 19.9 Å². The fourth-order valence-electron chi connectivity index (χ4n) is 3.23. The first-order valence-corrected chi connectivity index (χ1v) is 11.2. The lowest BCUT2D eigenvalue weighted by Crippen LogP contribution is -2.34. The second kappa shape index (κ2) is 8.08. The molecule has 1 aliphatic heterocycles. The molecule has 1 N–H and O–H groups in total. The molecule has 0 bridgehead atoms. The second-order valence-corrected chi connectivity index (χ2v) is 9.03. The Kier molecular flexibility index (Phi) is 5.71. The number of hydrogen-bond acceptors (Lipinski definition) is 5. The van der Waals surface area contributed by atoms with Crippen molar-refractivity contribution in [2.45, 2.75) is 19.0 Å². The van der Waals surface area contributed by atoms with Crippen molar-refractivity contribution in [1.82, 2.24) is 19.9 Å². The number of imidazole rings is 1. The van der Waals surface area contributed by atoms with Crippen LogP contribution in [0, 0.1) is 0 Å². The summed E-state index contributed by atoms with van der Waals surface area (Å²) in [5.74, 6) is 0.716. The standard InChI is InChI=1S/C18H16Cl3N5OS/c1-28(27)18-22-12(6-10-2-3-11(19)7-13(10)20)8-26(18)9-16-23-14-4-5-15(21)24-17(14)25-16/h2-5,7,12H,6,8-9H2,1H3,(H,23,24,25). The van der Waals surface area contributed by atoms with E-state index in [-0.39, 0.29) is 6.04 Å². The van der Waals surface area contributed by atoms with Crippen LogP contribution in [0.25, 0.3) is 11.2 Å². The molecule has 0 fully saturated rings. The number of H-pyrrole nitrogens is 1. The van der Waals surface area contributed by atoms with Crippen LogP contribution >= 0.6 is 34.8 Å². The first-order chi connectivity index (χ1) is 13.4. The molecule has 2 unspecified atom stereocenters. The van der Waals surface area contributed by atoms with E-state index in [4.69, 9.17) is 34.8 Å². The van der Waals surface area contributed by atoms with E-state index >= 15 is 0 Å². The zero-order chi connectivity index (χ0) is 19.8. The monoisotopic (exact) mass is 455 g/mol. The van der Waals surface area contributed by atoms with Crippen molar-refractivity contribution < 1.29 is 4.55 Å². The van der Waals surface area contributed by atoms with Crippen LogP contribution in [0.3, 0.4) is 0 Å². The van der Waals surface area contributed by atoms with Gasteiger partial charge in [0.2, 0.25) is 0 Å². The Hall–Kier alpha value is -1.51. The highest BCUT2D eigenvalue weighted by Crippen LogP contribution is 2.25. The number of aromatic amines is 1. The van der Waals surface area contributed by atoms with E-state index < -0.39 is 11.2 Å². The van der Waals surface area contributed by atoms with Crippen LogP contribution in [0.15, 0.2) is 35.3 Å². The predicted molar refractivity (Wildman–Crippen MR) is 115 cm³/mol. The summed E-state index contributed by atoms with van der Waals surface area (Å²) in [6.45, 7) is 1.08. The minimum atomic E-state index is -1.21. The molecule has 2 atom stereocenters. The summed E-state index contributed by atoms with van der Waals surface area (Å²) in [6.07, 6.45) is 2.27. The lowest BCUT2D eigenvalue weighted by Gasteiger charge is -2.18. The maximum Gasteiger partial charge on any atom is 0.315 e. The van der Waals surface area contributed by atoms with Gasteiger partial charge in [-0.2, -0.15) is 0 Å². The third kappa shape index (κ3) is 4.23. The van der Waals surface area contributed by atoms with E-state index in [1.807, 2.05) is 23.1 Å². The zero-order valence-corrected chi connectivity index (χ0v) is 17.9. The fourth-order valence-corrected chi connectivity index (χ4v) is 4.66. The number of hydrogen-bond donors (Lipinski definition) is 1. The lowest BCUT2D eigenvalue weighted by molar-refractivity contribution is 0.410. The number of amidine groups is 1. The topological polar surface area (TPSA) is 80.2 Å². The number of pyridine rings is 1. The van der Waals surface area contributed by atoms with Gasteiger partial charge >= 0.3 is 5.17 Å². The van der Waals surface area contributed by atoms with Crippen molar-refractivity contribution >= 4 is 62.3 Å². The number of aliphatic imine (C=N–C) groups is 1. The molecule has 0 saturated carbocycles. The van der Waals surface area contributed by atoms with Gasteiger partial charge in [0, 0.05) is 27.8 Å². The summed E-state index contributed by atoms with van der Waals surface area (Å²) in [4.78, 5) is 18.6. The zero-order valence-electron chi connectivity index (χ0n) is 14.8. The Morgan fingerprint density at radius 1 is 1.21 bits per heavy atom. The number of rotatable bonds is 4. The summed E-state index contributed by atoms with van der Waals surface area (Å²) in [6, 6.07) is 8.90. The molecular formula is C18H16Cl3N5OS. The van der Waals surface area contributed by atoms with Crippen LogP contribution in [-0.2, 0) is 24.1 Å². The molecule has 0 aliphatic carbocycles. The summed E-state index contributed by atoms with van der Waals surface area (Å²) >= 11 is 17.0. The minimum absolute atomic E-state index is 0.0467. The quantitative estimate of drug-likeness (QED) is 0.474. The predicted octanol–water partition coefficient (Wildman–Crippen LogP) is 4.08. The Morgan fingerprint density at radius 2 is 2.04 bits per heavy atom. The van der Waals surface area contributed by atoms with Gasteiger partial charge in [-0.3, -0.25) is 0 Å². The summed E-state index contributed by atoms with van der Waals surface area (Å²) in [5.41, 5.74) is 2.33. The molecule has 1 aliphatic rings. The minimum Gasteiger partial charge on any atom is -0.609 e. The number of fused-ring (bicyclic) bond motifs is 1. The third-order valence-electron chi connectivity index (χ3n) is 4.42. The van der Waals surface area contributed by atoms with Gasteiger partial charge in [0.25, 0.3) is 0 Å². The van der Waals surface area contributed by atoms with Crippen molar-refractivity contribution in [2.24, 2.45) is 4.99 Å². The van der Waals surface area contributed by atoms with Crippen LogP contribution in [0.2, 0.25) is 15.2 Å². The number of nitrogens with one attached hydrogen (secondary N) is 1. The molecule has 0 spiro atoms. The highest BCUT2D eigenvalue weighted by atomic mass is 35.5. The van der Waals surface area contributed by atoms with Gasteiger partial charge < -0.3 is 14.4 Å². The number of nitrogens with zero attached hydrogens (tertiary/aromatic N) is 4. The van der Waals surface area contributed by atoms with Crippen molar-refractivity contribution in [3.05, 3.63) is 56.9 Å². The van der Waals surface area contributed by atoms with Crippen LogP contribution in [0.1, 0.15) is 11.4 Å². The van der Waals surface area contributed by atoms with Gasteiger partial charge in [-0.1, -0.05) is 40.9 Å². The Bertz CT molecular complexity index is 1050. The third-order valence-corrected chi connectivity index (χ3v) is 6.10. The molecule has 3 aromatic rings. The van der Waals surface area contributed by atoms with Crippen LogP contribution < -0.4 is 0 Å². The van der Waals surface area contributed by atoms with Crippen LogP contribution in [0.4, 0.5) is 0 Å². The molecule has 6 nitrogen and oxygen atoms in total. The van der Waals surface area contributed by atoms with Gasteiger partial charge in [-0.05, 0) is 36.2 Å². The van der Waals surface area contributed by atoms with E-state index in [1.165, 1.54) is 0 Å². The largest absolute Gasteiger partial charge is 0.609 e. The van der Waals surface area contributed by atoms with Gasteiger partial charge in [-0.25, -0.2) is 15.0 Å². The molecule has 10 heteroatoms. The Labute approximate surface area is 180 Å². The molecule has 0 radical (unpaired) electrons. The molecule has 3 heterocycles. The van der Waals surface area contributed by atoms with Crippen molar-refractivity contribution in [3.8, 4) is 0 Å². The van der Waals surface area contributed by atoms with Gasteiger partial charge in [-0.15, -0.1) is 0 Å². The maximum absolute atomic E-state index is 12.2. The first kappa shape index (κ1) is 19.8. The SMILES string of the molecule is C[S+]([O-])C1=NC(Cc2ccc(Cl)cc2Cl)CN1Cc1nc2ccc(Cl)nc2[nH]1.